The van der Waals surface area contributed by atoms with Gasteiger partial charge in [-0.2, -0.15) is 0 Å². The number of benzene rings is 1. The van der Waals surface area contributed by atoms with Crippen molar-refractivity contribution in [1.29, 1.82) is 0 Å². The van der Waals surface area contributed by atoms with E-state index in [4.69, 9.17) is 13.9 Å². The van der Waals surface area contributed by atoms with Crippen molar-refractivity contribution in [2.24, 2.45) is 0 Å². The van der Waals surface area contributed by atoms with Crippen LogP contribution in [-0.4, -0.2) is 30.4 Å². The van der Waals surface area contributed by atoms with Crippen LogP contribution in [0.3, 0.4) is 0 Å². The third-order valence-corrected chi connectivity index (χ3v) is 3.47. The Hall–Kier alpha value is -2.34. The molecule has 1 unspecified atom stereocenters. The fourth-order valence-electron chi connectivity index (χ4n) is 2.27. The molecule has 0 fully saturated rings. The predicted octanol–water partition coefficient (Wildman–Crippen LogP) is 1.66. The second-order valence-corrected chi connectivity index (χ2v) is 5.50. The summed E-state index contributed by atoms with van der Waals surface area (Å²) in [6.45, 7) is 3.36. The summed E-state index contributed by atoms with van der Waals surface area (Å²) in [5.74, 6) is 0.491. The molecule has 1 aromatic heterocycles. The minimum atomic E-state index is -1.26. The summed E-state index contributed by atoms with van der Waals surface area (Å²) in [6.07, 6.45) is -0.662. The molecule has 0 bridgehead atoms. The molecule has 0 saturated carbocycles. The van der Waals surface area contributed by atoms with E-state index in [0.29, 0.717) is 16.9 Å². The van der Waals surface area contributed by atoms with Gasteiger partial charge in [-0.05, 0) is 32.0 Å². The van der Waals surface area contributed by atoms with Crippen LogP contribution in [0.25, 0.3) is 11.0 Å². The molecule has 22 heavy (non-hydrogen) atoms. The first-order chi connectivity index (χ1) is 10.4. The predicted molar refractivity (Wildman–Crippen MR) is 80.0 cm³/mol. The lowest BCUT2D eigenvalue weighted by molar-refractivity contribution is -0.146. The summed E-state index contributed by atoms with van der Waals surface area (Å²) in [4.78, 5) is 22.2. The number of aliphatic hydroxyl groups is 1. The average molecular weight is 306 g/mol. The van der Waals surface area contributed by atoms with Crippen LogP contribution in [0.2, 0.25) is 0 Å². The van der Waals surface area contributed by atoms with Gasteiger partial charge in [-0.1, -0.05) is 0 Å². The van der Waals surface area contributed by atoms with Gasteiger partial charge in [-0.25, -0.2) is 4.79 Å². The van der Waals surface area contributed by atoms with Crippen molar-refractivity contribution in [3.63, 3.8) is 0 Å². The van der Waals surface area contributed by atoms with E-state index < -0.39 is 17.3 Å². The average Bonchev–Trinajstić information content (AvgIpc) is 2.46. The maximum absolute atomic E-state index is 11.5. The highest BCUT2D eigenvalue weighted by atomic mass is 16.5. The van der Waals surface area contributed by atoms with Crippen molar-refractivity contribution in [1.82, 2.24) is 0 Å². The van der Waals surface area contributed by atoms with Gasteiger partial charge >= 0.3 is 5.63 Å². The van der Waals surface area contributed by atoms with Gasteiger partial charge in [0.25, 0.3) is 6.47 Å². The first-order valence-electron chi connectivity index (χ1n) is 6.78. The van der Waals surface area contributed by atoms with Gasteiger partial charge in [0.15, 0.2) is 0 Å². The standard InChI is InChI=1S/C16H18O6/c1-16(2,19)13(21-9-17)8-11-12(20-3)6-4-10-5-7-14(18)22-15(10)11/h4-7,9,13,19H,8H2,1-3H3. The molecule has 118 valence electrons. The van der Waals surface area contributed by atoms with Crippen molar-refractivity contribution >= 4 is 17.4 Å². The van der Waals surface area contributed by atoms with Gasteiger partial charge in [-0.3, -0.25) is 4.79 Å². The van der Waals surface area contributed by atoms with Crippen LogP contribution in [0.15, 0.2) is 33.5 Å². The largest absolute Gasteiger partial charge is 0.496 e. The number of carbonyl (C=O) groups excluding carboxylic acids is 1. The van der Waals surface area contributed by atoms with Crippen molar-refractivity contribution in [3.05, 3.63) is 40.2 Å². The van der Waals surface area contributed by atoms with Gasteiger partial charge in [-0.15, -0.1) is 0 Å². The molecule has 0 amide bonds. The van der Waals surface area contributed by atoms with Gasteiger partial charge in [0, 0.05) is 23.4 Å². The van der Waals surface area contributed by atoms with Crippen molar-refractivity contribution in [2.45, 2.75) is 32.0 Å². The minimum Gasteiger partial charge on any atom is -0.496 e. The van der Waals surface area contributed by atoms with Crippen LogP contribution in [-0.2, 0) is 16.0 Å². The topological polar surface area (TPSA) is 86.0 Å². The highest BCUT2D eigenvalue weighted by Gasteiger charge is 2.30. The molecule has 0 aliphatic carbocycles. The van der Waals surface area contributed by atoms with Crippen LogP contribution in [0.5, 0.6) is 5.75 Å². The number of hydrogen-bond donors (Lipinski definition) is 1. The van der Waals surface area contributed by atoms with E-state index in [0.717, 1.165) is 5.39 Å². The molecule has 6 nitrogen and oxygen atoms in total. The quantitative estimate of drug-likeness (QED) is 0.645. The first kappa shape index (κ1) is 16.0. The third-order valence-electron chi connectivity index (χ3n) is 3.47. The number of ether oxygens (including phenoxy) is 2. The molecule has 1 atom stereocenters. The molecule has 0 aliphatic rings. The van der Waals surface area contributed by atoms with Crippen LogP contribution in [0, 0.1) is 0 Å². The smallest absolute Gasteiger partial charge is 0.336 e. The second kappa shape index (κ2) is 6.19. The fraction of sp³-hybridized carbons (Fsp3) is 0.375. The van der Waals surface area contributed by atoms with Gasteiger partial charge < -0.3 is 19.0 Å². The Morgan fingerprint density at radius 1 is 1.32 bits per heavy atom. The Balaban J connectivity index is 2.58. The molecule has 2 rings (SSSR count). The molecule has 1 heterocycles. The van der Waals surface area contributed by atoms with Crippen molar-refractivity contribution < 1.29 is 23.8 Å². The zero-order chi connectivity index (χ0) is 16.3. The summed E-state index contributed by atoms with van der Waals surface area (Å²) in [7, 11) is 1.49. The first-order valence-corrected chi connectivity index (χ1v) is 6.78. The Kier molecular flexibility index (Phi) is 4.51. The molecule has 2 aromatic rings. The Morgan fingerprint density at radius 2 is 2.00 bits per heavy atom. The Morgan fingerprint density at radius 3 is 2.59 bits per heavy atom. The second-order valence-electron chi connectivity index (χ2n) is 5.50. The minimum absolute atomic E-state index is 0.149. The maximum Gasteiger partial charge on any atom is 0.336 e. The molecule has 0 aliphatic heterocycles. The van der Waals surface area contributed by atoms with Gasteiger partial charge in [0.05, 0.1) is 12.7 Å². The highest BCUT2D eigenvalue weighted by Crippen LogP contribution is 2.30. The number of fused-ring (bicyclic) bond motifs is 1. The lowest BCUT2D eigenvalue weighted by Crippen LogP contribution is -2.39. The van der Waals surface area contributed by atoms with E-state index >= 15 is 0 Å². The summed E-state index contributed by atoms with van der Waals surface area (Å²) in [6, 6.07) is 6.47. The van der Waals surface area contributed by atoms with Gasteiger partial charge in [0.2, 0.25) is 0 Å². The molecule has 0 radical (unpaired) electrons. The summed E-state index contributed by atoms with van der Waals surface area (Å²) >= 11 is 0. The monoisotopic (exact) mass is 306 g/mol. The lowest BCUT2D eigenvalue weighted by atomic mass is 9.93. The van der Waals surface area contributed by atoms with E-state index in [1.807, 2.05) is 0 Å². The summed E-state index contributed by atoms with van der Waals surface area (Å²) in [5.41, 5.74) is -0.830. The number of rotatable bonds is 6. The highest BCUT2D eigenvalue weighted by molar-refractivity contribution is 5.82. The molecule has 0 saturated heterocycles. The number of carbonyl (C=O) groups is 1. The molecular weight excluding hydrogens is 288 g/mol. The van der Waals surface area contributed by atoms with Crippen LogP contribution < -0.4 is 10.4 Å². The van der Waals surface area contributed by atoms with E-state index in [2.05, 4.69) is 0 Å². The normalized spacial score (nSPS) is 12.9. The number of methoxy groups -OCH3 is 1. The molecular formula is C16H18O6. The van der Waals surface area contributed by atoms with Crippen molar-refractivity contribution in [3.8, 4) is 5.75 Å². The number of hydrogen-bond acceptors (Lipinski definition) is 6. The molecule has 1 N–H and O–H groups in total. The van der Waals surface area contributed by atoms with Crippen LogP contribution in [0.4, 0.5) is 0 Å². The lowest BCUT2D eigenvalue weighted by Gasteiger charge is -2.28. The Bertz CT molecular complexity index is 725. The molecule has 6 heteroatoms. The van der Waals surface area contributed by atoms with Crippen LogP contribution >= 0.6 is 0 Å². The Labute approximate surface area is 127 Å². The van der Waals surface area contributed by atoms with E-state index in [9.17, 15) is 14.7 Å². The van der Waals surface area contributed by atoms with E-state index in [-0.39, 0.29) is 12.9 Å². The SMILES string of the molecule is COc1ccc2ccc(=O)oc2c1CC(OC=O)C(C)(C)O. The van der Waals surface area contributed by atoms with E-state index in [1.165, 1.54) is 27.0 Å². The summed E-state index contributed by atoms with van der Waals surface area (Å²) in [5, 5.41) is 10.9. The maximum atomic E-state index is 11.5. The zero-order valence-electron chi connectivity index (χ0n) is 12.7. The third kappa shape index (κ3) is 3.28. The molecule has 1 aromatic carbocycles. The van der Waals surface area contributed by atoms with Crippen LogP contribution in [0.1, 0.15) is 19.4 Å². The van der Waals surface area contributed by atoms with Gasteiger partial charge in [0.1, 0.15) is 17.4 Å². The summed E-state index contributed by atoms with van der Waals surface area (Å²) < 4.78 is 15.5. The fourth-order valence-corrected chi connectivity index (χ4v) is 2.27. The van der Waals surface area contributed by atoms with Crippen molar-refractivity contribution in [2.75, 3.05) is 7.11 Å². The van der Waals surface area contributed by atoms with E-state index in [1.54, 1.807) is 18.2 Å². The zero-order valence-corrected chi connectivity index (χ0v) is 12.7. The molecule has 0 spiro atoms.